The maximum Gasteiger partial charge on any atom is 0.0562 e. The van der Waals surface area contributed by atoms with Gasteiger partial charge in [0, 0.05) is 53.4 Å². The molecule has 7 aromatic carbocycles. The molecule has 10 rings (SSSR count). The van der Waals surface area contributed by atoms with E-state index < -0.39 is 0 Å². The van der Waals surface area contributed by atoms with Gasteiger partial charge in [0.2, 0.25) is 0 Å². The van der Waals surface area contributed by atoms with Gasteiger partial charge in [-0.3, -0.25) is 0 Å². The summed E-state index contributed by atoms with van der Waals surface area (Å²) in [6.45, 7) is 4.71. The van der Waals surface area contributed by atoms with E-state index in [1.54, 1.807) is 0 Å². The maximum absolute atomic E-state index is 2.45. The molecule has 0 amide bonds. The number of rotatable bonds is 4. The third-order valence-corrected chi connectivity index (χ3v) is 11.5. The van der Waals surface area contributed by atoms with E-state index in [0.29, 0.717) is 0 Å². The Morgan fingerprint density at radius 1 is 0.500 bits per heavy atom. The minimum Gasteiger partial charge on any atom is -0.310 e. The molecule has 0 fully saturated rings. The first-order valence-electron chi connectivity index (χ1n) is 16.6. The van der Waals surface area contributed by atoms with Crippen molar-refractivity contribution in [2.24, 2.45) is 0 Å². The van der Waals surface area contributed by atoms with E-state index in [1.807, 2.05) is 11.3 Å². The molecular weight excluding hydrogens is 601 g/mol. The predicted molar refractivity (Wildman–Crippen MR) is 206 cm³/mol. The number of nitrogens with zero attached hydrogens (tertiary/aromatic N) is 2. The highest BCUT2D eigenvalue weighted by Crippen LogP contribution is 2.51. The largest absolute Gasteiger partial charge is 0.310 e. The Bertz CT molecular complexity index is 2710. The molecular formula is C45H32N2S. The summed E-state index contributed by atoms with van der Waals surface area (Å²) in [7, 11) is 0. The van der Waals surface area contributed by atoms with Gasteiger partial charge in [-0.2, -0.15) is 0 Å². The number of thiophene rings is 1. The zero-order valence-corrected chi connectivity index (χ0v) is 27.6. The Morgan fingerprint density at radius 3 is 2.10 bits per heavy atom. The van der Waals surface area contributed by atoms with E-state index in [0.717, 1.165) is 11.4 Å². The van der Waals surface area contributed by atoms with Crippen LogP contribution in [0.2, 0.25) is 0 Å². The molecule has 3 heteroatoms. The van der Waals surface area contributed by atoms with E-state index in [2.05, 4.69) is 181 Å². The molecule has 0 saturated carbocycles. The van der Waals surface area contributed by atoms with Crippen molar-refractivity contribution in [3.8, 4) is 16.8 Å². The summed E-state index contributed by atoms with van der Waals surface area (Å²) in [4.78, 5) is 2.45. The molecule has 2 nitrogen and oxygen atoms in total. The van der Waals surface area contributed by atoms with Crippen LogP contribution in [0.3, 0.4) is 0 Å². The number of anilines is 3. The molecule has 0 radical (unpaired) electrons. The standard InChI is InChI=1S/C45H32N2S/c1-45(2)37-18-9-6-15-32(37)33-25-23-31(28-38(33)45)46(29-13-4-3-5-14-29)40-20-12-21-41-44(40)35-17-7-10-19-39(35)47(41)30-24-26-43-36(27-30)34-16-8-11-22-42(34)48-43/h3-28H,1-2H3. The van der Waals surface area contributed by atoms with E-state index in [4.69, 9.17) is 0 Å². The Morgan fingerprint density at radius 2 is 1.21 bits per heavy atom. The number of hydrogen-bond acceptors (Lipinski definition) is 2. The molecule has 2 aromatic heterocycles. The first-order valence-corrected chi connectivity index (χ1v) is 17.4. The average Bonchev–Trinajstić information content (AvgIpc) is 3.75. The molecule has 0 saturated heterocycles. The topological polar surface area (TPSA) is 8.17 Å². The third-order valence-electron chi connectivity index (χ3n) is 10.4. The van der Waals surface area contributed by atoms with Crippen molar-refractivity contribution >= 4 is 70.4 Å². The summed E-state index contributed by atoms with van der Waals surface area (Å²) < 4.78 is 5.10. The first-order chi connectivity index (χ1) is 23.6. The van der Waals surface area contributed by atoms with Crippen molar-refractivity contribution in [3.05, 3.63) is 169 Å². The van der Waals surface area contributed by atoms with Crippen molar-refractivity contribution in [2.45, 2.75) is 19.3 Å². The summed E-state index contributed by atoms with van der Waals surface area (Å²) in [5, 5.41) is 5.11. The highest BCUT2D eigenvalue weighted by molar-refractivity contribution is 7.25. The zero-order valence-electron chi connectivity index (χ0n) is 26.8. The SMILES string of the molecule is CC1(C)c2ccccc2-c2ccc(N(c3ccccc3)c3cccc4c3c3ccccc3n4-c3ccc4sc5ccccc5c4c3)cc21. The average molecular weight is 633 g/mol. The van der Waals surface area contributed by atoms with E-state index in [-0.39, 0.29) is 5.41 Å². The van der Waals surface area contributed by atoms with Gasteiger partial charge in [0.15, 0.2) is 0 Å². The van der Waals surface area contributed by atoms with Gasteiger partial charge in [0.1, 0.15) is 0 Å². The lowest BCUT2D eigenvalue weighted by atomic mass is 9.82. The van der Waals surface area contributed by atoms with Crippen LogP contribution < -0.4 is 4.90 Å². The monoisotopic (exact) mass is 632 g/mol. The number of hydrogen-bond donors (Lipinski definition) is 0. The van der Waals surface area contributed by atoms with Crippen molar-refractivity contribution in [1.29, 1.82) is 0 Å². The molecule has 0 spiro atoms. The maximum atomic E-state index is 2.45. The highest BCUT2D eigenvalue weighted by Gasteiger charge is 2.36. The van der Waals surface area contributed by atoms with Gasteiger partial charge in [0.25, 0.3) is 0 Å². The summed E-state index contributed by atoms with van der Waals surface area (Å²) in [6.07, 6.45) is 0. The predicted octanol–water partition coefficient (Wildman–Crippen LogP) is 12.9. The Hall–Kier alpha value is -5.64. The van der Waals surface area contributed by atoms with Crippen molar-refractivity contribution < 1.29 is 0 Å². The van der Waals surface area contributed by atoms with E-state index in [1.165, 1.54) is 75.6 Å². The molecule has 9 aromatic rings. The molecule has 0 aliphatic heterocycles. The second kappa shape index (κ2) is 10.2. The number of aromatic nitrogens is 1. The van der Waals surface area contributed by atoms with Crippen LogP contribution in [0.15, 0.2) is 158 Å². The van der Waals surface area contributed by atoms with Gasteiger partial charge in [-0.1, -0.05) is 105 Å². The fourth-order valence-corrected chi connectivity index (χ4v) is 9.24. The van der Waals surface area contributed by atoms with Crippen molar-refractivity contribution in [2.75, 3.05) is 4.90 Å². The van der Waals surface area contributed by atoms with Crippen LogP contribution in [0.1, 0.15) is 25.0 Å². The zero-order chi connectivity index (χ0) is 32.0. The molecule has 1 aliphatic rings. The smallest absolute Gasteiger partial charge is 0.0562 e. The summed E-state index contributed by atoms with van der Waals surface area (Å²) >= 11 is 1.86. The van der Waals surface area contributed by atoms with Crippen LogP contribution in [0, 0.1) is 0 Å². The molecule has 0 unspecified atom stereocenters. The van der Waals surface area contributed by atoms with Gasteiger partial charge >= 0.3 is 0 Å². The Balaban J connectivity index is 1.24. The minimum atomic E-state index is -0.0865. The molecule has 2 heterocycles. The van der Waals surface area contributed by atoms with Gasteiger partial charge < -0.3 is 9.47 Å². The fourth-order valence-electron chi connectivity index (χ4n) is 8.15. The van der Waals surface area contributed by atoms with Crippen LogP contribution in [0.25, 0.3) is 58.8 Å². The summed E-state index contributed by atoms with van der Waals surface area (Å²) in [5.74, 6) is 0. The minimum absolute atomic E-state index is 0.0865. The van der Waals surface area contributed by atoms with Gasteiger partial charge in [-0.05, 0) is 89.0 Å². The molecule has 48 heavy (non-hydrogen) atoms. The summed E-state index contributed by atoms with van der Waals surface area (Å²) in [6, 6.07) is 58.1. The van der Waals surface area contributed by atoms with E-state index >= 15 is 0 Å². The van der Waals surface area contributed by atoms with Crippen molar-refractivity contribution in [3.63, 3.8) is 0 Å². The van der Waals surface area contributed by atoms with Gasteiger partial charge in [-0.25, -0.2) is 0 Å². The Labute approximate surface area is 283 Å². The number of para-hydroxylation sites is 2. The van der Waals surface area contributed by atoms with Crippen LogP contribution in [-0.2, 0) is 5.41 Å². The normalized spacial score (nSPS) is 13.4. The van der Waals surface area contributed by atoms with Crippen LogP contribution in [0.5, 0.6) is 0 Å². The second-order valence-corrected chi connectivity index (χ2v) is 14.5. The van der Waals surface area contributed by atoms with Crippen LogP contribution >= 0.6 is 11.3 Å². The second-order valence-electron chi connectivity index (χ2n) is 13.4. The highest BCUT2D eigenvalue weighted by atomic mass is 32.1. The molecule has 228 valence electrons. The summed E-state index contributed by atoms with van der Waals surface area (Å²) in [5.41, 5.74) is 12.4. The lowest BCUT2D eigenvalue weighted by Crippen LogP contribution is -2.16. The van der Waals surface area contributed by atoms with Crippen LogP contribution in [-0.4, -0.2) is 4.57 Å². The molecule has 0 atom stereocenters. The lowest BCUT2D eigenvalue weighted by molar-refractivity contribution is 0.660. The molecule has 1 aliphatic carbocycles. The number of benzene rings is 7. The fraction of sp³-hybridized carbons (Fsp3) is 0.0667. The van der Waals surface area contributed by atoms with Gasteiger partial charge in [0.05, 0.1) is 16.7 Å². The quantitative estimate of drug-likeness (QED) is 0.187. The van der Waals surface area contributed by atoms with E-state index in [9.17, 15) is 0 Å². The molecule has 0 N–H and O–H groups in total. The van der Waals surface area contributed by atoms with Gasteiger partial charge in [-0.15, -0.1) is 11.3 Å². The molecule has 0 bridgehead atoms. The number of fused-ring (bicyclic) bond motifs is 9. The van der Waals surface area contributed by atoms with Crippen LogP contribution in [0.4, 0.5) is 17.1 Å². The lowest BCUT2D eigenvalue weighted by Gasteiger charge is -2.28. The Kier molecular flexibility index (Phi) is 5.82. The third kappa shape index (κ3) is 3.85. The first kappa shape index (κ1) is 27.5. The van der Waals surface area contributed by atoms with Crippen molar-refractivity contribution in [1.82, 2.24) is 4.57 Å².